The minimum Gasteiger partial charge on any atom is -0.496 e. The van der Waals surface area contributed by atoms with E-state index in [1.54, 1.807) is 39.1 Å². The minimum absolute atomic E-state index is 0.619. The molecular weight excluding hydrogens is 256 g/mol. The van der Waals surface area contributed by atoms with E-state index in [2.05, 4.69) is 4.98 Å². The number of carbonyl (C=O) groups is 1. The first kappa shape index (κ1) is 14.1. The number of methoxy groups -OCH3 is 1. The zero-order valence-corrected chi connectivity index (χ0v) is 12.0. The van der Waals surface area contributed by atoms with Gasteiger partial charge in [0.2, 0.25) is 0 Å². The Hall–Kier alpha value is -2.30. The van der Waals surface area contributed by atoms with Gasteiger partial charge < -0.3 is 14.7 Å². The maximum absolute atomic E-state index is 11.4. The highest BCUT2D eigenvalue weighted by Gasteiger charge is 2.33. The molecule has 0 fully saturated rings. The number of pyridine rings is 1. The number of anilines is 1. The van der Waals surface area contributed by atoms with Crippen molar-refractivity contribution in [3.63, 3.8) is 0 Å². The number of carboxylic acid groups (broad SMARTS) is 1. The number of carboxylic acids is 1. The van der Waals surface area contributed by atoms with E-state index in [1.165, 1.54) is 0 Å². The Morgan fingerprint density at radius 3 is 2.60 bits per heavy atom. The van der Waals surface area contributed by atoms with E-state index in [-0.39, 0.29) is 0 Å². The van der Waals surface area contributed by atoms with Crippen molar-refractivity contribution in [3.05, 3.63) is 30.5 Å². The van der Waals surface area contributed by atoms with E-state index in [0.717, 1.165) is 16.5 Å². The Labute approximate surface area is 117 Å². The number of aliphatic carboxylic acids is 1. The molecule has 1 aromatic carbocycles. The van der Waals surface area contributed by atoms with Crippen LogP contribution in [0.5, 0.6) is 5.75 Å². The highest BCUT2D eigenvalue weighted by Crippen LogP contribution is 2.32. The number of nitrogens with zero attached hydrogens (tertiary/aromatic N) is 2. The summed E-state index contributed by atoms with van der Waals surface area (Å²) in [6.07, 6.45) is 1.66. The first-order valence-electron chi connectivity index (χ1n) is 6.28. The predicted octanol–water partition coefficient (Wildman–Crippen LogP) is 2.54. The molecular formula is C15H18N2O3. The van der Waals surface area contributed by atoms with Crippen molar-refractivity contribution in [3.8, 4) is 5.75 Å². The molecule has 1 N–H and O–H groups in total. The van der Waals surface area contributed by atoms with Gasteiger partial charge in [-0.15, -0.1) is 0 Å². The van der Waals surface area contributed by atoms with Crippen molar-refractivity contribution in [2.24, 2.45) is 0 Å². The molecule has 0 atom stereocenters. The predicted molar refractivity (Wildman–Crippen MR) is 78.4 cm³/mol. The molecule has 0 aliphatic heterocycles. The molecule has 20 heavy (non-hydrogen) atoms. The van der Waals surface area contributed by atoms with E-state index in [4.69, 9.17) is 4.74 Å². The number of ether oxygens (including phenoxy) is 1. The number of fused-ring (bicyclic) bond motifs is 1. The summed E-state index contributed by atoms with van der Waals surface area (Å²) in [5.74, 6) is 0.461. The summed E-state index contributed by atoms with van der Waals surface area (Å²) >= 11 is 0. The summed E-state index contributed by atoms with van der Waals surface area (Å²) in [6, 6.07) is 7.51. The molecule has 2 aromatic rings. The molecule has 0 saturated heterocycles. The number of rotatable bonds is 4. The van der Waals surface area contributed by atoms with Crippen molar-refractivity contribution in [2.45, 2.75) is 19.4 Å². The van der Waals surface area contributed by atoms with Gasteiger partial charge in [-0.2, -0.15) is 0 Å². The third-order valence-electron chi connectivity index (χ3n) is 3.64. The zero-order chi connectivity index (χ0) is 14.9. The molecule has 0 unspecified atom stereocenters. The molecule has 1 aromatic heterocycles. The van der Waals surface area contributed by atoms with Crippen LogP contribution in [0.15, 0.2) is 30.5 Å². The number of hydrogen-bond acceptors (Lipinski definition) is 4. The van der Waals surface area contributed by atoms with Gasteiger partial charge in [-0.05, 0) is 26.0 Å². The fraction of sp³-hybridized carbons (Fsp3) is 0.333. The zero-order valence-electron chi connectivity index (χ0n) is 12.0. The summed E-state index contributed by atoms with van der Waals surface area (Å²) in [4.78, 5) is 17.4. The van der Waals surface area contributed by atoms with Gasteiger partial charge in [0.05, 0.1) is 7.11 Å². The average Bonchev–Trinajstić information content (AvgIpc) is 2.44. The van der Waals surface area contributed by atoms with Gasteiger partial charge in [-0.1, -0.05) is 12.1 Å². The summed E-state index contributed by atoms with van der Waals surface area (Å²) in [7, 11) is 3.34. The van der Waals surface area contributed by atoms with Crippen LogP contribution in [-0.2, 0) is 4.79 Å². The molecule has 2 rings (SSSR count). The van der Waals surface area contributed by atoms with Crippen LogP contribution in [-0.4, -0.2) is 35.8 Å². The number of likely N-dealkylation sites (N-methyl/N-ethyl adjacent to an activating group) is 1. The third kappa shape index (κ3) is 2.15. The second-order valence-corrected chi connectivity index (χ2v) is 5.11. The van der Waals surface area contributed by atoms with Gasteiger partial charge in [0.15, 0.2) is 0 Å². The molecule has 0 amide bonds. The lowest BCUT2D eigenvalue weighted by Gasteiger charge is -2.33. The normalized spacial score (nSPS) is 11.4. The summed E-state index contributed by atoms with van der Waals surface area (Å²) < 4.78 is 5.33. The smallest absolute Gasteiger partial charge is 0.328 e. The molecule has 0 bridgehead atoms. The van der Waals surface area contributed by atoms with Gasteiger partial charge in [0.25, 0.3) is 0 Å². The third-order valence-corrected chi connectivity index (χ3v) is 3.64. The average molecular weight is 274 g/mol. The summed E-state index contributed by atoms with van der Waals surface area (Å²) in [6.45, 7) is 3.30. The molecule has 1 heterocycles. The lowest BCUT2D eigenvalue weighted by atomic mass is 10.0. The van der Waals surface area contributed by atoms with Crippen LogP contribution < -0.4 is 9.64 Å². The maximum atomic E-state index is 11.4. The van der Waals surface area contributed by atoms with Gasteiger partial charge in [0.1, 0.15) is 17.1 Å². The molecule has 106 valence electrons. The SMILES string of the molecule is COc1cccc2c(N(C)C(C)(C)C(=O)O)nccc12. The fourth-order valence-electron chi connectivity index (χ4n) is 2.02. The largest absolute Gasteiger partial charge is 0.496 e. The van der Waals surface area contributed by atoms with Crippen molar-refractivity contribution in [1.29, 1.82) is 0 Å². The Morgan fingerprint density at radius 2 is 2.00 bits per heavy atom. The van der Waals surface area contributed by atoms with Crippen LogP contribution in [0.4, 0.5) is 5.82 Å². The first-order chi connectivity index (χ1) is 9.39. The molecule has 5 nitrogen and oxygen atoms in total. The molecule has 0 aliphatic carbocycles. The van der Waals surface area contributed by atoms with E-state index in [9.17, 15) is 9.90 Å². The van der Waals surface area contributed by atoms with E-state index < -0.39 is 11.5 Å². The molecule has 0 saturated carbocycles. The molecule has 5 heteroatoms. The van der Waals surface area contributed by atoms with Gasteiger partial charge in [-0.3, -0.25) is 0 Å². The van der Waals surface area contributed by atoms with Crippen molar-refractivity contribution in [2.75, 3.05) is 19.1 Å². The number of hydrogen-bond donors (Lipinski definition) is 1. The van der Waals surface area contributed by atoms with Gasteiger partial charge in [0, 0.05) is 24.0 Å². The number of aromatic nitrogens is 1. The van der Waals surface area contributed by atoms with Crippen molar-refractivity contribution >= 4 is 22.6 Å². The monoisotopic (exact) mass is 274 g/mol. The first-order valence-corrected chi connectivity index (χ1v) is 6.28. The molecule has 0 spiro atoms. The standard InChI is InChI=1S/C15H18N2O3/c1-15(2,14(18)19)17(3)13-11-6-5-7-12(20-4)10(11)8-9-16-13/h5-9H,1-4H3,(H,18,19). The Kier molecular flexibility index (Phi) is 3.53. The van der Waals surface area contributed by atoms with Crippen LogP contribution in [0.2, 0.25) is 0 Å². The van der Waals surface area contributed by atoms with Crippen molar-refractivity contribution in [1.82, 2.24) is 4.98 Å². The van der Waals surface area contributed by atoms with Crippen LogP contribution >= 0.6 is 0 Å². The van der Waals surface area contributed by atoms with Gasteiger partial charge in [-0.25, -0.2) is 9.78 Å². The Balaban J connectivity index is 2.64. The quantitative estimate of drug-likeness (QED) is 0.928. The lowest BCUT2D eigenvalue weighted by molar-refractivity contribution is -0.142. The maximum Gasteiger partial charge on any atom is 0.328 e. The lowest BCUT2D eigenvalue weighted by Crippen LogP contribution is -2.48. The van der Waals surface area contributed by atoms with E-state index in [0.29, 0.717) is 5.82 Å². The Morgan fingerprint density at radius 1 is 1.30 bits per heavy atom. The van der Waals surface area contributed by atoms with Crippen LogP contribution in [0, 0.1) is 0 Å². The Bertz CT molecular complexity index is 653. The topological polar surface area (TPSA) is 62.7 Å². The van der Waals surface area contributed by atoms with E-state index >= 15 is 0 Å². The highest BCUT2D eigenvalue weighted by molar-refractivity contribution is 5.97. The molecule has 0 radical (unpaired) electrons. The molecule has 0 aliphatic rings. The van der Waals surface area contributed by atoms with Crippen molar-refractivity contribution < 1.29 is 14.6 Å². The second-order valence-electron chi connectivity index (χ2n) is 5.11. The van der Waals surface area contributed by atoms with Crippen LogP contribution in [0.3, 0.4) is 0 Å². The minimum atomic E-state index is -1.05. The number of benzene rings is 1. The fourth-order valence-corrected chi connectivity index (χ4v) is 2.02. The summed E-state index contributed by atoms with van der Waals surface area (Å²) in [5, 5.41) is 11.1. The van der Waals surface area contributed by atoms with E-state index in [1.807, 2.05) is 24.3 Å². The summed E-state index contributed by atoms with van der Waals surface area (Å²) in [5.41, 5.74) is -1.05. The van der Waals surface area contributed by atoms with Crippen LogP contribution in [0.25, 0.3) is 10.8 Å². The van der Waals surface area contributed by atoms with Crippen LogP contribution in [0.1, 0.15) is 13.8 Å². The second kappa shape index (κ2) is 5.00. The van der Waals surface area contributed by atoms with Gasteiger partial charge >= 0.3 is 5.97 Å². The highest BCUT2D eigenvalue weighted by atomic mass is 16.5.